The van der Waals surface area contributed by atoms with Crippen molar-refractivity contribution in [1.82, 2.24) is 25.5 Å². The van der Waals surface area contributed by atoms with Gasteiger partial charge >= 0.3 is 0 Å². The van der Waals surface area contributed by atoms with Gasteiger partial charge in [0.2, 0.25) is 0 Å². The molecular weight excluding hydrogens is 382 g/mol. The maximum absolute atomic E-state index is 4.54. The predicted molar refractivity (Wildman–Crippen MR) is 120 cm³/mol. The van der Waals surface area contributed by atoms with Crippen LogP contribution in [-0.2, 0) is 5.41 Å². The first kappa shape index (κ1) is 19.2. The van der Waals surface area contributed by atoms with Crippen molar-refractivity contribution in [3.8, 4) is 0 Å². The monoisotopic (exact) mass is 413 g/mol. The summed E-state index contributed by atoms with van der Waals surface area (Å²) in [5.74, 6) is 3.60. The van der Waals surface area contributed by atoms with Crippen LogP contribution in [0.3, 0.4) is 0 Å². The van der Waals surface area contributed by atoms with Crippen molar-refractivity contribution >= 4 is 0 Å². The van der Waals surface area contributed by atoms with Gasteiger partial charge in [0.25, 0.3) is 0 Å². The Labute approximate surface area is 184 Å². The zero-order chi connectivity index (χ0) is 20.7. The predicted octanol–water partition coefficient (Wildman–Crippen LogP) is 4.43. The molecule has 7 rings (SSSR count). The molecule has 2 aliphatic heterocycles. The molecule has 2 unspecified atom stereocenters. The van der Waals surface area contributed by atoms with Crippen LogP contribution in [0.5, 0.6) is 0 Å². The van der Waals surface area contributed by atoms with Crippen LogP contribution in [0.1, 0.15) is 55.5 Å². The molecule has 3 heterocycles. The van der Waals surface area contributed by atoms with Crippen LogP contribution in [0.2, 0.25) is 0 Å². The molecule has 2 aliphatic carbocycles. The van der Waals surface area contributed by atoms with Crippen LogP contribution < -0.4 is 0 Å². The van der Waals surface area contributed by atoms with Gasteiger partial charge in [-0.1, -0.05) is 65.9 Å². The Bertz CT molecular complexity index is 934. The first-order valence-electron chi connectivity index (χ1n) is 11.9. The molecule has 31 heavy (non-hydrogen) atoms. The van der Waals surface area contributed by atoms with Gasteiger partial charge in [0, 0.05) is 19.1 Å². The van der Waals surface area contributed by atoms with Crippen LogP contribution in [-0.4, -0.2) is 44.7 Å². The fourth-order valence-corrected chi connectivity index (χ4v) is 7.08. The number of aromatic nitrogens is 4. The van der Waals surface area contributed by atoms with Gasteiger partial charge in [-0.05, 0) is 67.4 Å². The van der Waals surface area contributed by atoms with E-state index in [1.165, 1.54) is 49.8 Å². The van der Waals surface area contributed by atoms with Crippen molar-refractivity contribution in [1.29, 1.82) is 0 Å². The second-order valence-electron chi connectivity index (χ2n) is 10.0. The quantitative estimate of drug-likeness (QED) is 0.649. The molecule has 4 bridgehead atoms. The summed E-state index contributed by atoms with van der Waals surface area (Å²) in [7, 11) is 0. The van der Waals surface area contributed by atoms with Crippen molar-refractivity contribution in [2.24, 2.45) is 17.8 Å². The van der Waals surface area contributed by atoms with Gasteiger partial charge in [-0.2, -0.15) is 5.21 Å². The normalized spacial score (nSPS) is 28.0. The number of nitrogens with one attached hydrogen (secondary N) is 1. The summed E-state index contributed by atoms with van der Waals surface area (Å²) in [5.41, 5.74) is 2.07. The van der Waals surface area contributed by atoms with Crippen molar-refractivity contribution in [2.75, 3.05) is 13.1 Å². The Morgan fingerprint density at radius 2 is 1.42 bits per heavy atom. The third kappa shape index (κ3) is 3.39. The SMILES string of the molecule is c1ccc(C(CCN2CC3CC4CC(C3)CC2C4)(c2ccccc2)c2nn[nH]n2)cc1. The van der Waals surface area contributed by atoms with Gasteiger partial charge in [0.15, 0.2) is 5.82 Å². The highest BCUT2D eigenvalue weighted by atomic mass is 15.5. The number of nitrogens with zero attached hydrogens (tertiary/aromatic N) is 4. The molecular formula is C26H31N5. The number of fused-ring (bicyclic) bond motifs is 1. The molecule has 5 nitrogen and oxygen atoms in total. The highest BCUT2D eigenvalue weighted by Crippen LogP contribution is 2.48. The number of tetrazole rings is 1. The minimum Gasteiger partial charge on any atom is -0.300 e. The maximum Gasteiger partial charge on any atom is 0.189 e. The minimum atomic E-state index is -0.404. The van der Waals surface area contributed by atoms with Gasteiger partial charge in [0.1, 0.15) is 0 Å². The first-order chi connectivity index (χ1) is 15.3. The summed E-state index contributed by atoms with van der Waals surface area (Å²) in [5, 5.41) is 15.8. The third-order valence-electron chi connectivity index (χ3n) is 8.25. The van der Waals surface area contributed by atoms with E-state index >= 15 is 0 Å². The van der Waals surface area contributed by atoms with Crippen LogP contribution in [0.4, 0.5) is 0 Å². The highest BCUT2D eigenvalue weighted by Gasteiger charge is 2.45. The molecule has 4 aliphatic rings. The highest BCUT2D eigenvalue weighted by molar-refractivity contribution is 5.45. The molecule has 0 spiro atoms. The average Bonchev–Trinajstić information content (AvgIpc) is 3.28. The Morgan fingerprint density at radius 3 is 2.00 bits per heavy atom. The number of aromatic amines is 1. The molecule has 3 aromatic rings. The Kier molecular flexibility index (Phi) is 4.87. The number of benzene rings is 2. The van der Waals surface area contributed by atoms with Gasteiger partial charge < -0.3 is 4.90 Å². The lowest BCUT2D eigenvalue weighted by Crippen LogP contribution is -2.42. The Morgan fingerprint density at radius 1 is 0.806 bits per heavy atom. The summed E-state index contributed by atoms with van der Waals surface area (Å²) in [6, 6.07) is 22.3. The summed E-state index contributed by atoms with van der Waals surface area (Å²) in [6.07, 6.45) is 8.16. The Balaban J connectivity index is 1.39. The smallest absolute Gasteiger partial charge is 0.189 e. The zero-order valence-electron chi connectivity index (χ0n) is 18.0. The summed E-state index contributed by atoms with van der Waals surface area (Å²) in [4.78, 5) is 2.82. The standard InChI is InChI=1S/C26H31N5/c1-3-7-22(8-4-1)26(25-27-29-30-28-25,23-9-5-2-6-10-23)11-12-31-18-21-14-19-13-20(15-21)17-24(31)16-19/h1-10,19-21,24H,11-18H2,(H,27,28,29,30). The van der Waals surface area contributed by atoms with E-state index in [0.29, 0.717) is 0 Å². The molecule has 5 heteroatoms. The molecule has 4 fully saturated rings. The molecule has 1 aromatic heterocycles. The average molecular weight is 414 g/mol. The van der Waals surface area contributed by atoms with E-state index in [0.717, 1.165) is 42.6 Å². The van der Waals surface area contributed by atoms with E-state index in [1.54, 1.807) is 0 Å². The summed E-state index contributed by atoms with van der Waals surface area (Å²) < 4.78 is 0. The van der Waals surface area contributed by atoms with Crippen LogP contribution in [0, 0.1) is 17.8 Å². The number of hydrogen-bond acceptors (Lipinski definition) is 4. The topological polar surface area (TPSA) is 57.7 Å². The van der Waals surface area contributed by atoms with Crippen LogP contribution >= 0.6 is 0 Å². The molecule has 0 amide bonds. The molecule has 2 saturated carbocycles. The molecule has 0 radical (unpaired) electrons. The molecule has 2 aromatic carbocycles. The molecule has 160 valence electrons. The van der Waals surface area contributed by atoms with E-state index in [9.17, 15) is 0 Å². The Hall–Kier alpha value is -2.53. The van der Waals surface area contributed by atoms with Crippen molar-refractivity contribution < 1.29 is 0 Å². The van der Waals surface area contributed by atoms with E-state index in [2.05, 4.69) is 86.2 Å². The minimum absolute atomic E-state index is 0.404. The zero-order valence-corrected chi connectivity index (χ0v) is 18.0. The summed E-state index contributed by atoms with van der Waals surface area (Å²) in [6.45, 7) is 2.34. The maximum atomic E-state index is 4.54. The van der Waals surface area contributed by atoms with Crippen molar-refractivity contribution in [2.45, 2.75) is 50.0 Å². The number of hydrogen-bond donors (Lipinski definition) is 1. The summed E-state index contributed by atoms with van der Waals surface area (Å²) >= 11 is 0. The van der Waals surface area contributed by atoms with Crippen molar-refractivity contribution in [3.05, 3.63) is 77.6 Å². The number of rotatable bonds is 6. The molecule has 2 atom stereocenters. The van der Waals surface area contributed by atoms with E-state index < -0.39 is 5.41 Å². The largest absolute Gasteiger partial charge is 0.300 e. The van der Waals surface area contributed by atoms with Crippen LogP contribution in [0.15, 0.2) is 60.7 Å². The fraction of sp³-hybridized carbons (Fsp3) is 0.500. The molecule has 1 N–H and O–H groups in total. The van der Waals surface area contributed by atoms with Crippen LogP contribution in [0.25, 0.3) is 0 Å². The van der Waals surface area contributed by atoms with E-state index in [4.69, 9.17) is 0 Å². The lowest BCUT2D eigenvalue weighted by Gasteiger charge is -2.40. The first-order valence-corrected chi connectivity index (χ1v) is 11.9. The van der Waals surface area contributed by atoms with Gasteiger partial charge in [-0.25, -0.2) is 0 Å². The van der Waals surface area contributed by atoms with E-state index in [1.807, 2.05) is 0 Å². The van der Waals surface area contributed by atoms with Gasteiger partial charge in [0.05, 0.1) is 5.41 Å². The van der Waals surface area contributed by atoms with Crippen molar-refractivity contribution in [3.63, 3.8) is 0 Å². The second kappa shape index (κ2) is 7.86. The fourth-order valence-electron chi connectivity index (χ4n) is 7.08. The number of H-pyrrole nitrogens is 1. The lowest BCUT2D eigenvalue weighted by molar-refractivity contribution is 0.122. The van der Waals surface area contributed by atoms with Gasteiger partial charge in [-0.15, -0.1) is 10.2 Å². The second-order valence-corrected chi connectivity index (χ2v) is 10.0. The lowest BCUT2D eigenvalue weighted by atomic mass is 9.68. The van der Waals surface area contributed by atoms with Gasteiger partial charge in [-0.3, -0.25) is 0 Å². The van der Waals surface area contributed by atoms with E-state index in [-0.39, 0.29) is 0 Å². The molecule has 2 saturated heterocycles. The third-order valence-corrected chi connectivity index (χ3v) is 8.25.